The van der Waals surface area contributed by atoms with E-state index in [0.29, 0.717) is 5.56 Å². The van der Waals surface area contributed by atoms with Crippen molar-refractivity contribution in [2.45, 2.75) is 13.8 Å². The monoisotopic (exact) mass is 114 g/mol. The molecule has 0 bridgehead atoms. The molecule has 0 aliphatic heterocycles. The Balaban J connectivity index is 3.19. The van der Waals surface area contributed by atoms with Crippen molar-refractivity contribution in [1.29, 1.82) is 0 Å². The van der Waals surface area contributed by atoms with E-state index in [1.54, 1.807) is 13.8 Å². The molecular formula is C5H7FN2. The van der Waals surface area contributed by atoms with E-state index in [-0.39, 0.29) is 0 Å². The Hall–Kier alpha value is -0.860. The van der Waals surface area contributed by atoms with Crippen molar-refractivity contribution in [2.24, 2.45) is 0 Å². The molecule has 0 spiro atoms. The van der Waals surface area contributed by atoms with Crippen LogP contribution in [0.5, 0.6) is 0 Å². The Morgan fingerprint density at radius 1 is 1.50 bits per heavy atom. The van der Waals surface area contributed by atoms with Crippen molar-refractivity contribution in [3.8, 4) is 0 Å². The smallest absolute Gasteiger partial charge is 0.235 e. The lowest BCUT2D eigenvalue weighted by Gasteiger charge is -1.80. The van der Waals surface area contributed by atoms with Gasteiger partial charge in [0.2, 0.25) is 5.95 Å². The van der Waals surface area contributed by atoms with Crippen LogP contribution in [0, 0.1) is 19.8 Å². The maximum absolute atomic E-state index is 12.2. The molecule has 0 aliphatic carbocycles. The lowest BCUT2D eigenvalue weighted by atomic mass is 10.3. The Bertz CT molecular complexity index is 173. The molecule has 1 heterocycles. The average Bonchev–Trinajstić information content (AvgIpc) is 1.98. The summed E-state index contributed by atoms with van der Waals surface area (Å²) in [7, 11) is 0. The number of nitrogens with zero attached hydrogens (tertiary/aromatic N) is 1. The van der Waals surface area contributed by atoms with Gasteiger partial charge in [-0.25, -0.2) is 0 Å². The molecule has 0 unspecified atom stereocenters. The number of aryl methyl sites for hydroxylation is 1. The van der Waals surface area contributed by atoms with Crippen molar-refractivity contribution in [1.82, 2.24) is 10.2 Å². The number of rotatable bonds is 0. The van der Waals surface area contributed by atoms with Gasteiger partial charge >= 0.3 is 0 Å². The average molecular weight is 114 g/mol. The van der Waals surface area contributed by atoms with Gasteiger partial charge < -0.3 is 0 Å². The highest BCUT2D eigenvalue weighted by Crippen LogP contribution is 2.04. The third-order valence-corrected chi connectivity index (χ3v) is 1.19. The first-order chi connectivity index (χ1) is 3.72. The van der Waals surface area contributed by atoms with Crippen LogP contribution in [0.3, 0.4) is 0 Å². The molecule has 0 saturated heterocycles. The van der Waals surface area contributed by atoms with Crippen molar-refractivity contribution >= 4 is 0 Å². The van der Waals surface area contributed by atoms with E-state index in [2.05, 4.69) is 10.2 Å². The third-order valence-electron chi connectivity index (χ3n) is 1.19. The second-order valence-corrected chi connectivity index (χ2v) is 1.76. The van der Waals surface area contributed by atoms with E-state index in [1.807, 2.05) is 0 Å². The van der Waals surface area contributed by atoms with Crippen LogP contribution in [-0.4, -0.2) is 10.2 Å². The molecule has 3 heteroatoms. The van der Waals surface area contributed by atoms with Crippen molar-refractivity contribution < 1.29 is 4.39 Å². The number of aromatic nitrogens is 2. The first-order valence-corrected chi connectivity index (χ1v) is 2.39. The topological polar surface area (TPSA) is 28.7 Å². The first-order valence-electron chi connectivity index (χ1n) is 2.39. The number of hydrogen-bond acceptors (Lipinski definition) is 1. The van der Waals surface area contributed by atoms with Crippen LogP contribution in [0.25, 0.3) is 0 Å². The predicted octanol–water partition coefficient (Wildman–Crippen LogP) is 1.17. The van der Waals surface area contributed by atoms with Gasteiger partial charge in [0.05, 0.1) is 0 Å². The summed E-state index contributed by atoms with van der Waals surface area (Å²) < 4.78 is 12.2. The molecule has 2 nitrogen and oxygen atoms in total. The van der Waals surface area contributed by atoms with Gasteiger partial charge in [-0.05, 0) is 13.8 Å². The Morgan fingerprint density at radius 2 is 2.12 bits per heavy atom. The van der Waals surface area contributed by atoms with Crippen molar-refractivity contribution in [3.63, 3.8) is 0 Å². The van der Waals surface area contributed by atoms with Gasteiger partial charge in [-0.1, -0.05) is 0 Å². The molecule has 44 valence electrons. The number of nitrogens with one attached hydrogen (secondary N) is 1. The van der Waals surface area contributed by atoms with Crippen molar-refractivity contribution in [3.05, 3.63) is 17.2 Å². The van der Waals surface area contributed by atoms with Crippen molar-refractivity contribution in [2.75, 3.05) is 0 Å². The van der Waals surface area contributed by atoms with E-state index < -0.39 is 5.95 Å². The third kappa shape index (κ3) is 0.598. The number of halogens is 1. The van der Waals surface area contributed by atoms with E-state index in [4.69, 9.17) is 0 Å². The molecule has 0 amide bonds. The molecule has 1 N–H and O–H groups in total. The van der Waals surface area contributed by atoms with Crippen LogP contribution in [0.2, 0.25) is 0 Å². The molecule has 1 aromatic heterocycles. The van der Waals surface area contributed by atoms with Crippen LogP contribution in [0.1, 0.15) is 11.3 Å². The Kier molecular flexibility index (Phi) is 1.04. The fourth-order valence-electron chi connectivity index (χ4n) is 0.455. The lowest BCUT2D eigenvalue weighted by molar-refractivity contribution is 0.572. The van der Waals surface area contributed by atoms with Gasteiger partial charge in [0.25, 0.3) is 0 Å². The minimum absolute atomic E-state index is 0.400. The zero-order valence-corrected chi connectivity index (χ0v) is 4.83. The minimum Gasteiger partial charge on any atom is -0.280 e. The summed E-state index contributed by atoms with van der Waals surface area (Å²) in [4.78, 5) is 0. The second kappa shape index (κ2) is 1.58. The fourth-order valence-corrected chi connectivity index (χ4v) is 0.455. The zero-order valence-electron chi connectivity index (χ0n) is 4.83. The normalized spacial score (nSPS) is 9.88. The molecule has 0 radical (unpaired) electrons. The molecule has 0 aromatic carbocycles. The molecule has 1 aromatic rings. The summed E-state index contributed by atoms with van der Waals surface area (Å²) in [5, 5.41) is 5.84. The number of H-pyrrole nitrogens is 1. The summed E-state index contributed by atoms with van der Waals surface area (Å²) >= 11 is 0. The molecule has 0 aliphatic rings. The largest absolute Gasteiger partial charge is 0.280 e. The highest BCUT2D eigenvalue weighted by Gasteiger charge is 2.00. The minimum atomic E-state index is -0.400. The van der Waals surface area contributed by atoms with Gasteiger partial charge in [-0.15, -0.1) is 5.10 Å². The quantitative estimate of drug-likeness (QED) is 0.538. The summed E-state index contributed by atoms with van der Waals surface area (Å²) in [6.07, 6.45) is 0. The van der Waals surface area contributed by atoms with Crippen LogP contribution in [0.4, 0.5) is 4.39 Å². The molecular weight excluding hydrogens is 107 g/mol. The number of hydrogen-bond donors (Lipinski definition) is 1. The molecule has 1 rings (SSSR count). The van der Waals surface area contributed by atoms with E-state index >= 15 is 0 Å². The highest BCUT2D eigenvalue weighted by molar-refractivity contribution is 5.12. The standard InChI is InChI=1S/C5H7FN2/c1-3-4(2)7-8-5(3)6/h1-2H3,(H,7,8). The van der Waals surface area contributed by atoms with Gasteiger partial charge in [-0.2, -0.15) is 4.39 Å². The maximum atomic E-state index is 12.2. The summed E-state index contributed by atoms with van der Waals surface area (Å²) in [6.45, 7) is 3.47. The molecule has 0 saturated carbocycles. The van der Waals surface area contributed by atoms with Crippen LogP contribution in [-0.2, 0) is 0 Å². The van der Waals surface area contributed by atoms with E-state index in [9.17, 15) is 4.39 Å². The summed E-state index contributed by atoms with van der Waals surface area (Å²) in [5.41, 5.74) is 1.40. The zero-order chi connectivity index (χ0) is 6.15. The number of aromatic amines is 1. The van der Waals surface area contributed by atoms with Gasteiger partial charge in [0.1, 0.15) is 0 Å². The fraction of sp³-hybridized carbons (Fsp3) is 0.400. The highest BCUT2D eigenvalue weighted by atomic mass is 19.1. The van der Waals surface area contributed by atoms with Gasteiger partial charge in [-0.3, -0.25) is 5.10 Å². The second-order valence-electron chi connectivity index (χ2n) is 1.76. The molecule has 0 fully saturated rings. The Labute approximate surface area is 46.7 Å². The SMILES string of the molecule is Cc1[nH]nc(F)c1C. The first kappa shape index (κ1) is 5.28. The van der Waals surface area contributed by atoms with Crippen LogP contribution in [0.15, 0.2) is 0 Å². The summed E-state index contributed by atoms with van der Waals surface area (Å²) in [6, 6.07) is 0. The van der Waals surface area contributed by atoms with Gasteiger partial charge in [0, 0.05) is 11.3 Å². The summed E-state index contributed by atoms with van der Waals surface area (Å²) in [5.74, 6) is -0.400. The molecule has 8 heavy (non-hydrogen) atoms. The van der Waals surface area contributed by atoms with E-state index in [0.717, 1.165) is 5.69 Å². The van der Waals surface area contributed by atoms with Crippen LogP contribution >= 0.6 is 0 Å². The van der Waals surface area contributed by atoms with Crippen LogP contribution < -0.4 is 0 Å². The predicted molar refractivity (Wildman–Crippen MR) is 28.0 cm³/mol. The van der Waals surface area contributed by atoms with Gasteiger partial charge in [0.15, 0.2) is 0 Å². The van der Waals surface area contributed by atoms with E-state index in [1.165, 1.54) is 0 Å². The lowest BCUT2D eigenvalue weighted by Crippen LogP contribution is -1.74. The molecule has 0 atom stereocenters. The Morgan fingerprint density at radius 3 is 2.25 bits per heavy atom. The maximum Gasteiger partial charge on any atom is 0.235 e.